The summed E-state index contributed by atoms with van der Waals surface area (Å²) in [4.78, 5) is 12.5. The van der Waals surface area contributed by atoms with E-state index in [1.165, 1.54) is 22.9 Å². The van der Waals surface area contributed by atoms with Crippen LogP contribution in [0.5, 0.6) is 5.75 Å². The van der Waals surface area contributed by atoms with Gasteiger partial charge in [-0.3, -0.25) is 4.79 Å². The number of rotatable bonds is 8. The Bertz CT molecular complexity index is 1350. The Hall–Kier alpha value is -3.58. The Morgan fingerprint density at radius 2 is 1.86 bits per heavy atom. The Labute approximate surface area is 209 Å². The molecule has 0 fully saturated rings. The summed E-state index contributed by atoms with van der Waals surface area (Å²) in [5, 5.41) is 12.5. The minimum absolute atomic E-state index is 0.0270. The van der Waals surface area contributed by atoms with Crippen LogP contribution in [0.15, 0.2) is 71.9 Å². The number of carbonyl (C=O) groups excluding carboxylic acids is 1. The summed E-state index contributed by atoms with van der Waals surface area (Å²) in [7, 11) is 0. The molecule has 0 radical (unpaired) electrons. The van der Waals surface area contributed by atoms with Crippen LogP contribution in [0, 0.1) is 6.92 Å². The number of nitrogens with zero attached hydrogens (tertiary/aromatic N) is 3. The number of hydrogen-bond donors (Lipinski definition) is 1. The third-order valence-corrected chi connectivity index (χ3v) is 7.18. The van der Waals surface area contributed by atoms with E-state index >= 15 is 0 Å². The zero-order valence-electron chi connectivity index (χ0n) is 20.0. The second-order valence-electron chi connectivity index (χ2n) is 8.55. The molecular formula is C28H28N4O2S. The lowest BCUT2D eigenvalue weighted by Crippen LogP contribution is -2.24. The molecule has 0 atom stereocenters. The average molecular weight is 485 g/mol. The molecule has 1 aromatic heterocycles. The molecule has 3 aromatic carbocycles. The van der Waals surface area contributed by atoms with Crippen LogP contribution in [0.1, 0.15) is 23.6 Å². The normalized spacial score (nSPS) is 12.3. The number of aromatic nitrogens is 3. The summed E-state index contributed by atoms with van der Waals surface area (Å²) in [5.74, 6) is 2.10. The van der Waals surface area contributed by atoms with Crippen molar-refractivity contribution in [3.05, 3.63) is 83.4 Å². The van der Waals surface area contributed by atoms with Crippen molar-refractivity contribution in [1.82, 2.24) is 20.1 Å². The van der Waals surface area contributed by atoms with Crippen LogP contribution in [-0.2, 0) is 24.3 Å². The Kier molecular flexibility index (Phi) is 6.86. The molecule has 0 saturated carbocycles. The number of thioether (sulfide) groups is 1. The highest BCUT2D eigenvalue weighted by atomic mass is 32.2. The van der Waals surface area contributed by atoms with E-state index in [1.54, 1.807) is 0 Å². The second kappa shape index (κ2) is 10.4. The lowest BCUT2D eigenvalue weighted by atomic mass is 10.0. The van der Waals surface area contributed by atoms with Crippen molar-refractivity contribution in [3.63, 3.8) is 0 Å². The molecule has 4 aromatic rings. The Morgan fingerprint density at radius 3 is 2.66 bits per heavy atom. The first kappa shape index (κ1) is 23.2. The van der Waals surface area contributed by atoms with Gasteiger partial charge in [0.25, 0.3) is 0 Å². The van der Waals surface area contributed by atoms with Crippen molar-refractivity contribution in [1.29, 1.82) is 0 Å². The monoisotopic (exact) mass is 484 g/mol. The maximum absolute atomic E-state index is 12.5. The molecule has 0 saturated heterocycles. The average Bonchev–Trinajstić information content (AvgIpc) is 3.53. The molecule has 1 aliphatic rings. The molecular weight excluding hydrogens is 456 g/mol. The fraction of sp³-hybridized carbons (Fsp3) is 0.250. The SMILES string of the molecule is CCn1c(SCC(=O)NCc2ccc(-c3ccc4c(c3)CCO4)cc2)nnc1-c1ccccc1C. The Balaban J connectivity index is 1.16. The highest BCUT2D eigenvalue weighted by Crippen LogP contribution is 2.30. The number of carbonyl (C=O) groups is 1. The van der Waals surface area contributed by atoms with Gasteiger partial charge in [-0.05, 0) is 53.8 Å². The van der Waals surface area contributed by atoms with Gasteiger partial charge in [0, 0.05) is 25.1 Å². The highest BCUT2D eigenvalue weighted by molar-refractivity contribution is 7.99. The molecule has 35 heavy (non-hydrogen) atoms. The summed E-state index contributed by atoms with van der Waals surface area (Å²) >= 11 is 1.41. The van der Waals surface area contributed by atoms with Gasteiger partial charge in [0.2, 0.25) is 5.91 Å². The third kappa shape index (κ3) is 5.10. The third-order valence-electron chi connectivity index (χ3n) is 6.22. The van der Waals surface area contributed by atoms with E-state index in [1.807, 2.05) is 18.2 Å². The molecule has 0 bridgehead atoms. The first-order valence-electron chi connectivity index (χ1n) is 11.9. The van der Waals surface area contributed by atoms with Gasteiger partial charge in [-0.2, -0.15) is 0 Å². The summed E-state index contributed by atoms with van der Waals surface area (Å²) in [6, 6.07) is 22.8. The number of nitrogens with one attached hydrogen (secondary N) is 1. The smallest absolute Gasteiger partial charge is 0.230 e. The van der Waals surface area contributed by atoms with Crippen LogP contribution in [0.2, 0.25) is 0 Å². The molecule has 1 amide bonds. The first-order valence-corrected chi connectivity index (χ1v) is 12.8. The molecule has 1 aliphatic heterocycles. The Morgan fingerprint density at radius 1 is 1.06 bits per heavy atom. The van der Waals surface area contributed by atoms with Crippen LogP contribution in [0.3, 0.4) is 0 Å². The molecule has 178 valence electrons. The number of benzene rings is 3. The van der Waals surface area contributed by atoms with Gasteiger partial charge in [0.05, 0.1) is 12.4 Å². The van der Waals surface area contributed by atoms with E-state index in [9.17, 15) is 4.79 Å². The maximum atomic E-state index is 12.5. The molecule has 0 spiro atoms. The van der Waals surface area contributed by atoms with Crippen molar-refractivity contribution >= 4 is 17.7 Å². The number of ether oxygens (including phenoxy) is 1. The lowest BCUT2D eigenvalue weighted by molar-refractivity contribution is -0.118. The van der Waals surface area contributed by atoms with Crippen LogP contribution < -0.4 is 10.1 Å². The fourth-order valence-electron chi connectivity index (χ4n) is 4.27. The number of fused-ring (bicyclic) bond motifs is 1. The number of hydrogen-bond acceptors (Lipinski definition) is 5. The van der Waals surface area contributed by atoms with Crippen LogP contribution in [0.25, 0.3) is 22.5 Å². The van der Waals surface area contributed by atoms with Crippen molar-refractivity contribution in [3.8, 4) is 28.3 Å². The summed E-state index contributed by atoms with van der Waals surface area (Å²) in [6.45, 7) is 6.13. The zero-order valence-corrected chi connectivity index (χ0v) is 20.8. The van der Waals surface area contributed by atoms with Gasteiger partial charge in [-0.15, -0.1) is 10.2 Å². The predicted molar refractivity (Wildman–Crippen MR) is 140 cm³/mol. The topological polar surface area (TPSA) is 69.0 Å². The molecule has 7 heteroatoms. The van der Waals surface area contributed by atoms with E-state index in [-0.39, 0.29) is 5.91 Å². The number of aryl methyl sites for hydroxylation is 1. The van der Waals surface area contributed by atoms with Crippen molar-refractivity contribution in [2.24, 2.45) is 0 Å². The summed E-state index contributed by atoms with van der Waals surface area (Å²) in [6.07, 6.45) is 0.965. The van der Waals surface area contributed by atoms with Gasteiger partial charge < -0.3 is 14.6 Å². The summed E-state index contributed by atoms with van der Waals surface area (Å²) in [5.41, 5.74) is 6.89. The molecule has 0 unspecified atom stereocenters. The first-order chi connectivity index (χ1) is 17.1. The van der Waals surface area contributed by atoms with Crippen LogP contribution in [-0.4, -0.2) is 33.0 Å². The quantitative estimate of drug-likeness (QED) is 0.345. The minimum Gasteiger partial charge on any atom is -0.493 e. The standard InChI is InChI=1S/C28H28N4O2S/c1-3-32-27(24-7-5-4-6-19(24)2)30-31-28(32)35-18-26(33)29-17-20-8-10-21(11-9-20)22-12-13-25-23(16-22)14-15-34-25/h4-13,16H,3,14-15,17-18H2,1-2H3,(H,29,33). The molecule has 2 heterocycles. The number of amides is 1. The van der Waals surface area contributed by atoms with Crippen molar-refractivity contribution < 1.29 is 9.53 Å². The van der Waals surface area contributed by atoms with Gasteiger partial charge >= 0.3 is 0 Å². The molecule has 5 rings (SSSR count). The van der Waals surface area contributed by atoms with E-state index in [0.717, 1.165) is 58.6 Å². The molecule has 6 nitrogen and oxygen atoms in total. The molecule has 1 N–H and O–H groups in total. The van der Waals surface area contributed by atoms with E-state index in [0.29, 0.717) is 12.3 Å². The maximum Gasteiger partial charge on any atom is 0.230 e. The summed E-state index contributed by atoms with van der Waals surface area (Å²) < 4.78 is 7.66. The van der Waals surface area contributed by atoms with Gasteiger partial charge in [-0.25, -0.2) is 0 Å². The van der Waals surface area contributed by atoms with Crippen LogP contribution in [0.4, 0.5) is 0 Å². The minimum atomic E-state index is -0.0270. The van der Waals surface area contributed by atoms with Crippen LogP contribution >= 0.6 is 11.8 Å². The van der Waals surface area contributed by atoms with E-state index in [2.05, 4.69) is 82.5 Å². The lowest BCUT2D eigenvalue weighted by Gasteiger charge is -2.10. The second-order valence-corrected chi connectivity index (χ2v) is 9.49. The van der Waals surface area contributed by atoms with E-state index in [4.69, 9.17) is 4.74 Å². The van der Waals surface area contributed by atoms with Crippen molar-refractivity contribution in [2.75, 3.05) is 12.4 Å². The van der Waals surface area contributed by atoms with Crippen molar-refractivity contribution in [2.45, 2.75) is 38.5 Å². The van der Waals surface area contributed by atoms with E-state index < -0.39 is 0 Å². The largest absolute Gasteiger partial charge is 0.493 e. The predicted octanol–water partition coefficient (Wildman–Crippen LogP) is 5.28. The fourth-order valence-corrected chi connectivity index (χ4v) is 5.10. The highest BCUT2D eigenvalue weighted by Gasteiger charge is 2.16. The van der Waals surface area contributed by atoms with Gasteiger partial charge in [0.1, 0.15) is 5.75 Å². The van der Waals surface area contributed by atoms with Gasteiger partial charge in [0.15, 0.2) is 11.0 Å². The molecule has 0 aliphatic carbocycles. The zero-order chi connectivity index (χ0) is 24.2. The van der Waals surface area contributed by atoms with Gasteiger partial charge in [-0.1, -0.05) is 66.4 Å².